The number of carboxylic acid groups (broad SMARTS) is 1. The fraction of sp³-hybridized carbons (Fsp3) is 0.0800. The monoisotopic (exact) mass is 412 g/mol. The van der Waals surface area contributed by atoms with E-state index < -0.39 is 5.97 Å². The molecule has 31 heavy (non-hydrogen) atoms. The van der Waals surface area contributed by atoms with Crippen molar-refractivity contribution in [2.75, 3.05) is 5.01 Å². The summed E-state index contributed by atoms with van der Waals surface area (Å²) >= 11 is 0. The van der Waals surface area contributed by atoms with E-state index in [9.17, 15) is 9.59 Å². The number of nitrogens with zero attached hydrogens (tertiary/aromatic N) is 2. The molecule has 1 N–H and O–H groups in total. The first kappa shape index (κ1) is 20.1. The molecule has 6 nitrogen and oxygen atoms in total. The maximum absolute atomic E-state index is 13.0. The molecule has 0 fully saturated rings. The highest BCUT2D eigenvalue weighted by Crippen LogP contribution is 2.28. The highest BCUT2D eigenvalue weighted by atomic mass is 16.5. The zero-order valence-electron chi connectivity index (χ0n) is 16.9. The topological polar surface area (TPSA) is 79.2 Å². The number of hydrogen-bond acceptors (Lipinski definition) is 4. The molecule has 3 aromatic rings. The second-order valence-electron chi connectivity index (χ2n) is 7.02. The summed E-state index contributed by atoms with van der Waals surface area (Å²) in [6.45, 7) is 2.19. The second-order valence-corrected chi connectivity index (χ2v) is 7.02. The summed E-state index contributed by atoms with van der Waals surface area (Å²) in [5, 5.41) is 14.7. The largest absolute Gasteiger partial charge is 0.488 e. The highest BCUT2D eigenvalue weighted by Gasteiger charge is 2.29. The Kier molecular flexibility index (Phi) is 5.62. The second kappa shape index (κ2) is 8.67. The number of ether oxygens (including phenoxy) is 1. The van der Waals surface area contributed by atoms with Crippen molar-refractivity contribution in [2.45, 2.75) is 13.5 Å². The van der Waals surface area contributed by atoms with Crippen LogP contribution in [0.2, 0.25) is 0 Å². The maximum atomic E-state index is 13.0. The maximum Gasteiger partial charge on any atom is 0.335 e. The van der Waals surface area contributed by atoms with Crippen LogP contribution in [0.4, 0.5) is 5.69 Å². The Hall–Kier alpha value is -4.19. The molecule has 154 valence electrons. The van der Waals surface area contributed by atoms with Gasteiger partial charge in [-0.25, -0.2) is 4.79 Å². The van der Waals surface area contributed by atoms with E-state index in [0.29, 0.717) is 29.3 Å². The van der Waals surface area contributed by atoms with Crippen molar-refractivity contribution in [1.29, 1.82) is 0 Å². The zero-order valence-corrected chi connectivity index (χ0v) is 16.9. The molecule has 0 unspecified atom stereocenters. The molecule has 6 heteroatoms. The number of carbonyl (C=O) groups excluding carboxylic acids is 1. The number of hydrazone groups is 1. The molecule has 1 aliphatic heterocycles. The van der Waals surface area contributed by atoms with Crippen LogP contribution < -0.4 is 9.75 Å². The molecule has 0 aliphatic carbocycles. The minimum absolute atomic E-state index is 0.149. The molecule has 1 aliphatic rings. The molecular formula is C25H20N2O4. The number of anilines is 1. The van der Waals surface area contributed by atoms with Crippen LogP contribution in [-0.2, 0) is 11.4 Å². The number of amides is 1. The van der Waals surface area contributed by atoms with Gasteiger partial charge in [0, 0.05) is 5.56 Å². The first-order chi connectivity index (χ1) is 15.0. The summed E-state index contributed by atoms with van der Waals surface area (Å²) in [6, 6.07) is 23.4. The van der Waals surface area contributed by atoms with Crippen molar-refractivity contribution >= 4 is 29.4 Å². The van der Waals surface area contributed by atoms with E-state index >= 15 is 0 Å². The van der Waals surface area contributed by atoms with Gasteiger partial charge in [0.15, 0.2) is 0 Å². The third kappa shape index (κ3) is 4.38. The number of aromatic carboxylic acids is 1. The van der Waals surface area contributed by atoms with Crippen molar-refractivity contribution in [3.05, 3.63) is 101 Å². The average Bonchev–Trinajstić information content (AvgIpc) is 3.07. The van der Waals surface area contributed by atoms with E-state index in [1.165, 1.54) is 17.1 Å². The normalized spacial score (nSPS) is 14.6. The molecule has 0 atom stereocenters. The van der Waals surface area contributed by atoms with Gasteiger partial charge in [-0.1, -0.05) is 48.5 Å². The smallest absolute Gasteiger partial charge is 0.335 e. The SMILES string of the molecule is CC1=NN(c2ccc(C(=O)O)cc2)C(=O)C1=Cc1ccccc1OCc1ccccc1. The van der Waals surface area contributed by atoms with Gasteiger partial charge in [-0.3, -0.25) is 4.79 Å². The van der Waals surface area contributed by atoms with Gasteiger partial charge in [0.25, 0.3) is 5.91 Å². The van der Waals surface area contributed by atoms with Crippen molar-refractivity contribution in [3.8, 4) is 5.75 Å². The van der Waals surface area contributed by atoms with Crippen LogP contribution >= 0.6 is 0 Å². The third-order valence-corrected chi connectivity index (χ3v) is 4.88. The van der Waals surface area contributed by atoms with Gasteiger partial charge in [0.2, 0.25) is 0 Å². The summed E-state index contributed by atoms with van der Waals surface area (Å²) in [6.07, 6.45) is 1.77. The quantitative estimate of drug-likeness (QED) is 0.592. The van der Waals surface area contributed by atoms with Crippen LogP contribution in [0.1, 0.15) is 28.4 Å². The van der Waals surface area contributed by atoms with E-state index in [1.807, 2.05) is 54.6 Å². The lowest BCUT2D eigenvalue weighted by Crippen LogP contribution is -2.21. The van der Waals surface area contributed by atoms with Gasteiger partial charge in [0.1, 0.15) is 12.4 Å². The Labute approximate surface area is 179 Å². The molecular weight excluding hydrogens is 392 g/mol. The summed E-state index contributed by atoms with van der Waals surface area (Å²) in [5.74, 6) is -0.631. The number of benzene rings is 3. The minimum atomic E-state index is -1.02. The molecule has 4 rings (SSSR count). The number of carbonyl (C=O) groups is 2. The van der Waals surface area contributed by atoms with Crippen LogP contribution in [0.5, 0.6) is 5.75 Å². The molecule has 0 radical (unpaired) electrons. The van der Waals surface area contributed by atoms with E-state index in [1.54, 1.807) is 25.1 Å². The Bertz CT molecular complexity index is 1180. The number of hydrogen-bond donors (Lipinski definition) is 1. The lowest BCUT2D eigenvalue weighted by Gasteiger charge is -2.12. The fourth-order valence-corrected chi connectivity index (χ4v) is 3.23. The van der Waals surface area contributed by atoms with E-state index in [-0.39, 0.29) is 11.5 Å². The lowest BCUT2D eigenvalue weighted by atomic mass is 10.1. The predicted octanol–water partition coefficient (Wildman–Crippen LogP) is 4.77. The molecule has 0 saturated carbocycles. The Morgan fingerprint density at radius 3 is 2.39 bits per heavy atom. The van der Waals surface area contributed by atoms with Crippen LogP contribution in [0.15, 0.2) is 89.5 Å². The van der Waals surface area contributed by atoms with Gasteiger partial charge in [-0.15, -0.1) is 0 Å². The van der Waals surface area contributed by atoms with Crippen molar-refractivity contribution < 1.29 is 19.4 Å². The molecule has 1 heterocycles. The predicted molar refractivity (Wildman–Crippen MR) is 119 cm³/mol. The van der Waals surface area contributed by atoms with Crippen LogP contribution in [0.3, 0.4) is 0 Å². The third-order valence-electron chi connectivity index (χ3n) is 4.88. The summed E-state index contributed by atoms with van der Waals surface area (Å²) in [7, 11) is 0. The van der Waals surface area contributed by atoms with E-state index in [0.717, 1.165) is 11.1 Å². The lowest BCUT2D eigenvalue weighted by molar-refractivity contribution is -0.114. The van der Waals surface area contributed by atoms with Gasteiger partial charge < -0.3 is 9.84 Å². The zero-order chi connectivity index (χ0) is 21.8. The molecule has 0 saturated heterocycles. The number of para-hydroxylation sites is 1. The standard InChI is InChI=1S/C25H20N2O4/c1-17-22(24(28)27(26-17)21-13-11-19(12-14-21)25(29)30)15-20-9-5-6-10-23(20)31-16-18-7-3-2-4-8-18/h2-15H,16H2,1H3,(H,29,30). The van der Waals surface area contributed by atoms with Crippen LogP contribution in [0, 0.1) is 0 Å². The first-order valence-electron chi connectivity index (χ1n) is 9.74. The minimum Gasteiger partial charge on any atom is -0.488 e. The Balaban J connectivity index is 1.57. The fourth-order valence-electron chi connectivity index (χ4n) is 3.23. The molecule has 3 aromatic carbocycles. The average molecular weight is 412 g/mol. The molecule has 0 spiro atoms. The summed E-state index contributed by atoms with van der Waals surface area (Å²) in [5.41, 5.74) is 3.51. The summed E-state index contributed by atoms with van der Waals surface area (Å²) in [4.78, 5) is 24.1. The van der Waals surface area contributed by atoms with Crippen LogP contribution in [-0.4, -0.2) is 22.7 Å². The number of rotatable bonds is 6. The van der Waals surface area contributed by atoms with E-state index in [2.05, 4.69) is 5.10 Å². The van der Waals surface area contributed by atoms with Gasteiger partial charge in [-0.05, 0) is 48.9 Å². The van der Waals surface area contributed by atoms with Crippen molar-refractivity contribution in [2.24, 2.45) is 5.10 Å². The van der Waals surface area contributed by atoms with Crippen molar-refractivity contribution in [3.63, 3.8) is 0 Å². The van der Waals surface area contributed by atoms with Crippen LogP contribution in [0.25, 0.3) is 6.08 Å². The Morgan fingerprint density at radius 2 is 1.68 bits per heavy atom. The van der Waals surface area contributed by atoms with Gasteiger partial charge >= 0.3 is 5.97 Å². The molecule has 1 amide bonds. The molecule has 0 bridgehead atoms. The first-order valence-corrected chi connectivity index (χ1v) is 9.74. The number of carboxylic acids is 1. The Morgan fingerprint density at radius 1 is 1.00 bits per heavy atom. The summed E-state index contributed by atoms with van der Waals surface area (Å²) < 4.78 is 5.99. The van der Waals surface area contributed by atoms with Gasteiger partial charge in [0.05, 0.1) is 22.5 Å². The van der Waals surface area contributed by atoms with Crippen molar-refractivity contribution in [1.82, 2.24) is 0 Å². The van der Waals surface area contributed by atoms with E-state index in [4.69, 9.17) is 9.84 Å². The van der Waals surface area contributed by atoms with Gasteiger partial charge in [-0.2, -0.15) is 10.1 Å². The highest BCUT2D eigenvalue weighted by molar-refractivity contribution is 6.32. The molecule has 0 aromatic heterocycles.